The molecule has 6 N–H and O–H groups in total. The van der Waals surface area contributed by atoms with Gasteiger partial charge in [0.1, 0.15) is 24.4 Å². The van der Waals surface area contributed by atoms with Gasteiger partial charge in [0.2, 0.25) is 12.0 Å². The number of hydrogen-bond donors (Lipinski definition) is 6. The Morgan fingerprint density at radius 2 is 2.02 bits per heavy atom. The second-order valence-corrected chi connectivity index (χ2v) is 12.6. The molecule has 0 unspecified atom stereocenters. The van der Waals surface area contributed by atoms with E-state index in [-0.39, 0.29) is 62.8 Å². The number of ether oxygens (including phenoxy) is 4. The molecule has 5 atom stereocenters. The molecular formula is C27H39NO11S2. The summed E-state index contributed by atoms with van der Waals surface area (Å²) in [6, 6.07) is 3.53. The normalized spacial score (nSPS) is 29.5. The molecule has 0 radical (unpaired) electrons. The number of aryl methyl sites for hydroxylation is 1. The fraction of sp³-hybridized carbons (Fsp3) is 0.667. The second kappa shape index (κ2) is 14.6. The maximum atomic E-state index is 12.3. The molecule has 41 heavy (non-hydrogen) atoms. The van der Waals surface area contributed by atoms with Gasteiger partial charge in [-0.15, -0.1) is 0 Å². The van der Waals surface area contributed by atoms with Crippen LogP contribution in [-0.4, -0.2) is 112 Å². The van der Waals surface area contributed by atoms with Gasteiger partial charge in [0, 0.05) is 43.0 Å². The molecule has 2 bridgehead atoms. The predicted molar refractivity (Wildman–Crippen MR) is 153 cm³/mol. The summed E-state index contributed by atoms with van der Waals surface area (Å²) in [5, 5.41) is 58.1. The molecule has 1 aromatic heterocycles. The van der Waals surface area contributed by atoms with Gasteiger partial charge < -0.3 is 54.2 Å². The van der Waals surface area contributed by atoms with Crippen LogP contribution in [0.25, 0.3) is 11.0 Å². The van der Waals surface area contributed by atoms with Crippen LogP contribution in [-0.2, 0) is 20.7 Å². The van der Waals surface area contributed by atoms with Crippen molar-refractivity contribution in [3.8, 4) is 11.5 Å². The van der Waals surface area contributed by atoms with Crippen molar-refractivity contribution in [1.29, 1.82) is 0 Å². The van der Waals surface area contributed by atoms with Gasteiger partial charge in [0.15, 0.2) is 16.9 Å². The number of nitrogens with one attached hydrogen (secondary N) is 1. The minimum Gasteiger partial charge on any atom is -0.485 e. The van der Waals surface area contributed by atoms with Gasteiger partial charge in [0.05, 0.1) is 19.5 Å². The van der Waals surface area contributed by atoms with Crippen molar-refractivity contribution in [2.45, 2.75) is 62.3 Å². The third kappa shape index (κ3) is 7.08. The van der Waals surface area contributed by atoms with Gasteiger partial charge >= 0.3 is 5.97 Å². The zero-order valence-corrected chi connectivity index (χ0v) is 24.6. The van der Waals surface area contributed by atoms with Gasteiger partial charge in [0.25, 0.3) is 0 Å². The van der Waals surface area contributed by atoms with Gasteiger partial charge in [-0.2, -0.15) is 0 Å². The van der Waals surface area contributed by atoms with Crippen molar-refractivity contribution in [3.05, 3.63) is 24.0 Å². The molecular weight excluding hydrogens is 578 g/mol. The molecule has 0 spiro atoms. The highest BCUT2D eigenvalue weighted by Gasteiger charge is 2.62. The number of aliphatic hydroxyl groups excluding tert-OH is 4. The topological polar surface area (TPSA) is 180 Å². The van der Waals surface area contributed by atoms with Crippen LogP contribution in [0.5, 0.6) is 11.5 Å². The highest BCUT2D eigenvalue weighted by molar-refractivity contribution is 8.76. The van der Waals surface area contributed by atoms with Crippen LogP contribution in [0.3, 0.4) is 0 Å². The number of furan rings is 1. The monoisotopic (exact) mass is 617 g/mol. The molecule has 3 heterocycles. The van der Waals surface area contributed by atoms with Crippen molar-refractivity contribution in [2.75, 3.05) is 51.0 Å². The number of benzene rings is 1. The van der Waals surface area contributed by atoms with Crippen LogP contribution in [0.2, 0.25) is 0 Å². The molecule has 230 valence electrons. The standard InChI is InChI=1S/C27H39NO11S2/c1-2-35-19(31)5-4-17-14-18-6-11-36-20(18)22-21(17)38-25-27(34,7-3-10-29)24(33)23(32)26(15-30,39-25)16-41-40-13-9-28-8-12-37-22/h6,11,14,23-25,28-30,32-34H,2-5,7-10,12-13,15-16H2,1H3/t23-,24-,25+,26-,27+/m0/s1. The largest absolute Gasteiger partial charge is 0.485 e. The Morgan fingerprint density at radius 1 is 1.20 bits per heavy atom. The van der Waals surface area contributed by atoms with Crippen molar-refractivity contribution in [2.24, 2.45) is 0 Å². The van der Waals surface area contributed by atoms with E-state index in [1.807, 2.05) is 0 Å². The minimum absolute atomic E-state index is 0.0324. The fourth-order valence-electron chi connectivity index (χ4n) is 4.94. The number of aliphatic hydroxyl groups is 5. The molecule has 1 fully saturated rings. The van der Waals surface area contributed by atoms with Crippen LogP contribution in [0.1, 0.15) is 31.7 Å². The average Bonchev–Trinajstić information content (AvgIpc) is 3.44. The predicted octanol–water partition coefficient (Wildman–Crippen LogP) is 0.983. The Bertz CT molecular complexity index is 1150. The maximum absolute atomic E-state index is 12.3. The minimum atomic E-state index is -2.18. The smallest absolute Gasteiger partial charge is 0.306 e. The average molecular weight is 618 g/mol. The molecule has 0 saturated carbocycles. The van der Waals surface area contributed by atoms with Crippen molar-refractivity contribution < 1.29 is 53.7 Å². The van der Waals surface area contributed by atoms with E-state index in [1.165, 1.54) is 27.9 Å². The molecule has 2 aromatic rings. The fourth-order valence-corrected chi connectivity index (χ4v) is 7.35. The lowest BCUT2D eigenvalue weighted by Crippen LogP contribution is -2.73. The van der Waals surface area contributed by atoms with E-state index >= 15 is 0 Å². The summed E-state index contributed by atoms with van der Waals surface area (Å²) < 4.78 is 29.6. The second-order valence-electron chi connectivity index (χ2n) is 10.0. The third-order valence-corrected chi connectivity index (χ3v) is 9.73. The molecule has 1 aromatic carbocycles. The van der Waals surface area contributed by atoms with E-state index in [1.54, 1.807) is 19.1 Å². The third-order valence-electron chi connectivity index (χ3n) is 7.24. The summed E-state index contributed by atoms with van der Waals surface area (Å²) in [6.07, 6.45) is -3.45. The Morgan fingerprint density at radius 3 is 2.78 bits per heavy atom. The van der Waals surface area contributed by atoms with E-state index in [0.717, 1.165) is 0 Å². The zero-order chi connectivity index (χ0) is 29.5. The first-order valence-corrected chi connectivity index (χ1v) is 16.2. The van der Waals surface area contributed by atoms with E-state index in [4.69, 9.17) is 23.4 Å². The summed E-state index contributed by atoms with van der Waals surface area (Å²) in [5.41, 5.74) is -2.95. The SMILES string of the molecule is CCOC(=O)CCc1cc2ccoc2c2c1O[C@@H]1O[C@@](CO)(CSSCCNCCO2)[C@@H](O)[C@H](O)[C@]1(O)CCCO. The van der Waals surface area contributed by atoms with Crippen LogP contribution < -0.4 is 14.8 Å². The Kier molecular flexibility index (Phi) is 11.5. The number of carbonyl (C=O) groups is 1. The lowest BCUT2D eigenvalue weighted by molar-refractivity contribution is -0.350. The lowest BCUT2D eigenvalue weighted by Gasteiger charge is -2.53. The van der Waals surface area contributed by atoms with E-state index < -0.39 is 42.3 Å². The Balaban J connectivity index is 1.83. The number of hydrogen-bond acceptors (Lipinski definition) is 14. The van der Waals surface area contributed by atoms with Gasteiger partial charge in [-0.3, -0.25) is 4.79 Å². The van der Waals surface area contributed by atoms with Crippen molar-refractivity contribution >= 4 is 38.5 Å². The molecule has 12 nitrogen and oxygen atoms in total. The quantitative estimate of drug-likeness (QED) is 0.182. The van der Waals surface area contributed by atoms with Crippen LogP contribution in [0, 0.1) is 0 Å². The first-order chi connectivity index (χ1) is 19.8. The van der Waals surface area contributed by atoms with Crippen molar-refractivity contribution in [3.63, 3.8) is 0 Å². The summed E-state index contributed by atoms with van der Waals surface area (Å²) in [5.74, 6) is 0.726. The van der Waals surface area contributed by atoms with E-state index in [0.29, 0.717) is 35.4 Å². The van der Waals surface area contributed by atoms with E-state index in [2.05, 4.69) is 5.32 Å². The molecule has 2 aliphatic rings. The number of esters is 1. The summed E-state index contributed by atoms with van der Waals surface area (Å²) in [7, 11) is 2.85. The molecule has 14 heteroatoms. The number of rotatable bonds is 8. The number of carbonyl (C=O) groups excluding carboxylic acids is 1. The van der Waals surface area contributed by atoms with Gasteiger partial charge in [-0.05, 0) is 43.9 Å². The van der Waals surface area contributed by atoms with E-state index in [9.17, 15) is 30.3 Å². The van der Waals surface area contributed by atoms with Crippen LogP contribution >= 0.6 is 21.6 Å². The lowest BCUT2D eigenvalue weighted by atomic mass is 9.78. The zero-order valence-electron chi connectivity index (χ0n) is 23.0. The molecule has 0 aliphatic carbocycles. The highest BCUT2D eigenvalue weighted by Crippen LogP contribution is 2.46. The summed E-state index contributed by atoms with van der Waals surface area (Å²) >= 11 is 0. The Hall–Kier alpha value is -1.75. The van der Waals surface area contributed by atoms with Crippen LogP contribution in [0.4, 0.5) is 0 Å². The van der Waals surface area contributed by atoms with Crippen molar-refractivity contribution in [1.82, 2.24) is 5.32 Å². The molecule has 2 aliphatic heterocycles. The first-order valence-electron chi connectivity index (χ1n) is 13.7. The van der Waals surface area contributed by atoms with Gasteiger partial charge in [-0.1, -0.05) is 21.6 Å². The summed E-state index contributed by atoms with van der Waals surface area (Å²) in [4.78, 5) is 12.3. The first kappa shape index (κ1) is 32.2. The van der Waals surface area contributed by atoms with Crippen LogP contribution in [0.15, 0.2) is 22.8 Å². The van der Waals surface area contributed by atoms with Gasteiger partial charge in [-0.25, -0.2) is 0 Å². The Labute approximate surface area is 246 Å². The molecule has 4 rings (SSSR count). The molecule has 0 amide bonds. The molecule has 1 saturated heterocycles. The number of fused-ring (bicyclic) bond motifs is 5. The summed E-state index contributed by atoms with van der Waals surface area (Å²) in [6.45, 7) is 2.42. The highest BCUT2D eigenvalue weighted by atomic mass is 33.1. The maximum Gasteiger partial charge on any atom is 0.306 e.